The third kappa shape index (κ3) is 6.11. The van der Waals surface area contributed by atoms with Crippen molar-refractivity contribution in [3.63, 3.8) is 0 Å². The van der Waals surface area contributed by atoms with Crippen LogP contribution in [0.25, 0.3) is 33.5 Å². The maximum atomic E-state index is 4.22. The second-order valence-electron chi connectivity index (χ2n) is 7.07. The van der Waals surface area contributed by atoms with Crippen LogP contribution in [0.1, 0.15) is 5.56 Å². The van der Waals surface area contributed by atoms with E-state index in [1.165, 1.54) is 16.7 Å². The first-order valence-corrected chi connectivity index (χ1v) is 10.2. The minimum Gasteiger partial charge on any atom is -0.305 e. The molecule has 0 bridgehead atoms. The van der Waals surface area contributed by atoms with Gasteiger partial charge in [-0.05, 0) is 18.7 Å². The Hall–Kier alpha value is -3.32. The molecule has 1 heterocycles. The Morgan fingerprint density at radius 3 is 1.84 bits per heavy atom. The van der Waals surface area contributed by atoms with Gasteiger partial charge < -0.3 is 4.98 Å². The van der Waals surface area contributed by atoms with Gasteiger partial charge in [-0.2, -0.15) is 36.4 Å². The van der Waals surface area contributed by atoms with Gasteiger partial charge >= 0.3 is 20.1 Å². The van der Waals surface area contributed by atoms with E-state index in [1.807, 2.05) is 60.7 Å². The third-order valence-corrected chi connectivity index (χ3v) is 4.92. The van der Waals surface area contributed by atoms with Gasteiger partial charge in [0.05, 0.1) is 0 Å². The van der Waals surface area contributed by atoms with Gasteiger partial charge in [0.2, 0.25) is 0 Å². The van der Waals surface area contributed by atoms with Gasteiger partial charge in [-0.25, -0.2) is 11.1 Å². The summed E-state index contributed by atoms with van der Waals surface area (Å²) in [6, 6.07) is 46.1. The normalized spacial score (nSPS) is 9.78. The predicted molar refractivity (Wildman–Crippen MR) is 128 cm³/mol. The molecule has 0 spiro atoms. The first-order chi connectivity index (χ1) is 15.3. The summed E-state index contributed by atoms with van der Waals surface area (Å²) in [6.45, 7) is 2.13. The van der Waals surface area contributed by atoms with Crippen LogP contribution < -0.4 is 0 Å². The number of rotatable bonds is 3. The molecule has 0 atom stereocenters. The van der Waals surface area contributed by atoms with E-state index in [-0.39, 0.29) is 20.1 Å². The number of hydrogen-bond donors (Lipinski definition) is 0. The van der Waals surface area contributed by atoms with Crippen molar-refractivity contribution in [3.05, 3.63) is 139 Å². The summed E-state index contributed by atoms with van der Waals surface area (Å²) in [5, 5.41) is 0. The van der Waals surface area contributed by atoms with Crippen molar-refractivity contribution >= 4 is 0 Å². The van der Waals surface area contributed by atoms with Crippen LogP contribution in [0.15, 0.2) is 115 Å². The number of aromatic nitrogens is 1. The molecule has 0 aliphatic rings. The van der Waals surface area contributed by atoms with E-state index in [0.717, 1.165) is 22.4 Å². The minimum absolute atomic E-state index is 0. The molecule has 0 amide bonds. The van der Waals surface area contributed by atoms with Gasteiger partial charge in [0, 0.05) is 6.20 Å². The molecule has 0 aliphatic heterocycles. The monoisotopic (exact) mass is 589 g/mol. The second-order valence-corrected chi connectivity index (χ2v) is 7.07. The molecule has 0 saturated heterocycles. The number of nitrogens with zero attached hydrogens (tertiary/aromatic N) is 1. The smallest absolute Gasteiger partial charge is 0.305 e. The van der Waals surface area contributed by atoms with E-state index in [9.17, 15) is 0 Å². The number of hydrogen-bond acceptors (Lipinski definition) is 1. The number of aryl methyl sites for hydroxylation is 1. The topological polar surface area (TPSA) is 12.9 Å². The fraction of sp³-hybridized carbons (Fsp3) is 0.0333. The van der Waals surface area contributed by atoms with Crippen molar-refractivity contribution < 1.29 is 20.1 Å². The predicted octanol–water partition coefficient (Wildman–Crippen LogP) is 7.48. The third-order valence-electron chi connectivity index (χ3n) is 4.92. The molecule has 5 aromatic rings. The fourth-order valence-electron chi connectivity index (χ4n) is 3.29. The molecule has 0 unspecified atom stereocenters. The molecule has 0 aliphatic carbocycles. The van der Waals surface area contributed by atoms with E-state index >= 15 is 0 Å². The summed E-state index contributed by atoms with van der Waals surface area (Å²) < 4.78 is 0. The average molecular weight is 589 g/mol. The molecule has 0 saturated carbocycles. The Kier molecular flexibility index (Phi) is 8.69. The molecule has 156 valence electrons. The molecule has 4 aromatic carbocycles. The van der Waals surface area contributed by atoms with E-state index in [1.54, 1.807) is 6.20 Å². The first kappa shape index (κ1) is 23.3. The maximum Gasteiger partial charge on any atom is 3.00 e. The van der Waals surface area contributed by atoms with Gasteiger partial charge in [0.25, 0.3) is 0 Å². The Morgan fingerprint density at radius 2 is 1.25 bits per heavy atom. The zero-order chi connectivity index (χ0) is 21.3. The van der Waals surface area contributed by atoms with E-state index in [0.29, 0.717) is 0 Å². The zero-order valence-corrected chi connectivity index (χ0v) is 20.1. The Balaban J connectivity index is 0.000000193. The van der Waals surface area contributed by atoms with Crippen LogP contribution >= 0.6 is 0 Å². The molecule has 2 heteroatoms. The van der Waals surface area contributed by atoms with Crippen molar-refractivity contribution in [3.8, 4) is 33.5 Å². The maximum absolute atomic E-state index is 4.22. The van der Waals surface area contributed by atoms with Crippen LogP contribution in [0, 0.1) is 25.1 Å². The van der Waals surface area contributed by atoms with Crippen LogP contribution in [0.4, 0.5) is 0 Å². The molecule has 1 nitrogen and oxygen atoms in total. The van der Waals surface area contributed by atoms with Crippen molar-refractivity contribution in [1.82, 2.24) is 4.98 Å². The quantitative estimate of drug-likeness (QED) is 0.199. The van der Waals surface area contributed by atoms with Gasteiger partial charge in [0.1, 0.15) is 0 Å². The largest absolute Gasteiger partial charge is 3.00 e. The number of benzene rings is 4. The van der Waals surface area contributed by atoms with Crippen molar-refractivity contribution in [2.45, 2.75) is 6.92 Å². The first-order valence-electron chi connectivity index (χ1n) is 10.2. The van der Waals surface area contributed by atoms with Gasteiger partial charge in [-0.15, -0.1) is 59.7 Å². The van der Waals surface area contributed by atoms with Crippen molar-refractivity contribution in [1.29, 1.82) is 0 Å². The zero-order valence-electron chi connectivity index (χ0n) is 17.8. The van der Waals surface area contributed by atoms with Gasteiger partial charge in [-0.1, -0.05) is 47.5 Å². The molecule has 1 aromatic heterocycles. The minimum atomic E-state index is 0. The molecule has 0 N–H and O–H groups in total. The van der Waals surface area contributed by atoms with Gasteiger partial charge in [-0.3, -0.25) is 0 Å². The Bertz CT molecular complexity index is 1160. The summed E-state index contributed by atoms with van der Waals surface area (Å²) in [6.07, 6.45) is 1.79. The molecule has 5 rings (SSSR count). The molecular formula is C30H22IrN. The molecule has 32 heavy (non-hydrogen) atoms. The van der Waals surface area contributed by atoms with Crippen LogP contribution in [-0.2, 0) is 20.1 Å². The summed E-state index contributed by atoms with van der Waals surface area (Å²) in [5.41, 5.74) is 7.93. The van der Waals surface area contributed by atoms with E-state index < -0.39 is 0 Å². The van der Waals surface area contributed by atoms with E-state index in [2.05, 4.69) is 78.6 Å². The van der Waals surface area contributed by atoms with Gasteiger partial charge in [0.15, 0.2) is 0 Å². The van der Waals surface area contributed by atoms with Crippen molar-refractivity contribution in [2.24, 2.45) is 0 Å². The van der Waals surface area contributed by atoms with E-state index in [4.69, 9.17) is 0 Å². The molecule has 0 fully saturated rings. The molecular weight excluding hydrogens is 567 g/mol. The SMILES string of the molecule is Cc1ccccc1-c1c[c-]c(-c2[c-]cccc2)cc1.[Ir+3].[c-]1ccccc1-c1ccccn1. The Morgan fingerprint density at radius 1 is 0.594 bits per heavy atom. The summed E-state index contributed by atoms with van der Waals surface area (Å²) in [5.74, 6) is 0. The second kappa shape index (κ2) is 11.9. The van der Waals surface area contributed by atoms with Crippen LogP contribution in [0.2, 0.25) is 0 Å². The Labute approximate surface area is 204 Å². The summed E-state index contributed by atoms with van der Waals surface area (Å²) in [7, 11) is 0. The molecule has 0 radical (unpaired) electrons. The van der Waals surface area contributed by atoms with Crippen molar-refractivity contribution in [2.75, 3.05) is 0 Å². The summed E-state index contributed by atoms with van der Waals surface area (Å²) >= 11 is 0. The standard InChI is InChI=1S/C19H14.C11H8N.Ir/c1-15-7-5-6-10-19(15)18-13-11-17(12-14-18)16-8-3-2-4-9-16;1-2-6-10(7-3-1)11-8-4-5-9-12-11;/h2-8,10-11,13-14H,1H3;1-6,8-9H;/q-2;-1;+3. The average Bonchev–Trinajstić information content (AvgIpc) is 2.87. The van der Waals surface area contributed by atoms with Crippen LogP contribution in [0.5, 0.6) is 0 Å². The fourth-order valence-corrected chi connectivity index (χ4v) is 3.29. The summed E-state index contributed by atoms with van der Waals surface area (Å²) in [4.78, 5) is 4.22. The van der Waals surface area contributed by atoms with Crippen LogP contribution in [-0.4, -0.2) is 4.98 Å². The number of pyridine rings is 1. The van der Waals surface area contributed by atoms with Crippen LogP contribution in [0.3, 0.4) is 0 Å².